The van der Waals surface area contributed by atoms with Crippen LogP contribution < -0.4 is 0 Å². The molecule has 48 heavy (non-hydrogen) atoms. The molecule has 0 aliphatic carbocycles. The van der Waals surface area contributed by atoms with Gasteiger partial charge in [0, 0.05) is 25.9 Å². The molecule has 2 aromatic rings. The molecule has 4 aliphatic rings. The van der Waals surface area contributed by atoms with Gasteiger partial charge in [-0.15, -0.1) is 23.5 Å². The van der Waals surface area contributed by atoms with Gasteiger partial charge in [0.15, 0.2) is 6.29 Å². The van der Waals surface area contributed by atoms with Crippen molar-refractivity contribution in [3.8, 4) is 0 Å². The minimum Gasteiger partial charge on any atom is -0.377 e. The van der Waals surface area contributed by atoms with Crippen molar-refractivity contribution in [3.05, 3.63) is 71.8 Å². The molecule has 7 nitrogen and oxygen atoms in total. The SMILES string of the molecule is CCSC1(SCC)CCC[C@H]2O[C@H]3C[C@H]4O[C@H](CCCOCc5ccccc5)C[C@H](OCc5ccccc5)[C@@H]4O[C@@H]3C[C@]2(C)O[C@@H]1C=O. The normalized spacial score (nSPS) is 34.6. The topological polar surface area (TPSA) is 72.5 Å². The van der Waals surface area contributed by atoms with Gasteiger partial charge in [0.25, 0.3) is 0 Å². The van der Waals surface area contributed by atoms with Crippen molar-refractivity contribution in [1.29, 1.82) is 0 Å². The summed E-state index contributed by atoms with van der Waals surface area (Å²) in [6.07, 6.45) is 6.79. The van der Waals surface area contributed by atoms with Gasteiger partial charge in [-0.2, -0.15) is 0 Å². The second kappa shape index (κ2) is 17.2. The number of rotatable bonds is 14. The summed E-state index contributed by atoms with van der Waals surface area (Å²) in [5, 5.41) is 0. The van der Waals surface area contributed by atoms with Crippen LogP contribution in [-0.2, 0) is 46.4 Å². The number of fused-ring (bicyclic) bond motifs is 3. The fourth-order valence-corrected chi connectivity index (χ4v) is 11.2. The number of ether oxygens (including phenoxy) is 6. The summed E-state index contributed by atoms with van der Waals surface area (Å²) >= 11 is 3.72. The first-order valence-corrected chi connectivity index (χ1v) is 20.1. The van der Waals surface area contributed by atoms with E-state index in [1.54, 1.807) is 0 Å². The third-order valence-electron chi connectivity index (χ3n) is 10.4. The van der Waals surface area contributed by atoms with E-state index in [1.807, 2.05) is 47.8 Å². The molecule has 2 aromatic carbocycles. The van der Waals surface area contributed by atoms with Crippen molar-refractivity contribution in [2.75, 3.05) is 18.1 Å². The molecule has 0 spiro atoms. The summed E-state index contributed by atoms with van der Waals surface area (Å²) in [6, 6.07) is 20.7. The van der Waals surface area contributed by atoms with Crippen LogP contribution in [0.25, 0.3) is 0 Å². The third-order valence-corrected chi connectivity index (χ3v) is 13.5. The number of carbonyl (C=O) groups is 1. The van der Waals surface area contributed by atoms with Crippen LogP contribution in [0.1, 0.15) is 83.3 Å². The van der Waals surface area contributed by atoms with Gasteiger partial charge in [0.05, 0.1) is 59.5 Å². The van der Waals surface area contributed by atoms with E-state index in [-0.39, 0.29) is 46.8 Å². The zero-order valence-electron chi connectivity index (χ0n) is 28.8. The molecule has 6 rings (SSSR count). The first-order valence-electron chi connectivity index (χ1n) is 18.1. The Kier molecular flexibility index (Phi) is 13.0. The maximum Gasteiger partial charge on any atom is 0.151 e. The molecule has 0 bridgehead atoms. The van der Waals surface area contributed by atoms with Crippen molar-refractivity contribution >= 4 is 29.8 Å². The van der Waals surface area contributed by atoms with Gasteiger partial charge in [0.1, 0.15) is 12.2 Å². The highest BCUT2D eigenvalue weighted by molar-refractivity contribution is 8.18. The van der Waals surface area contributed by atoms with E-state index < -0.39 is 11.7 Å². The maximum atomic E-state index is 12.7. The summed E-state index contributed by atoms with van der Waals surface area (Å²) in [5.41, 5.74) is 1.72. The average molecular weight is 699 g/mol. The van der Waals surface area contributed by atoms with E-state index in [2.05, 4.69) is 57.2 Å². The Bertz CT molecular complexity index is 1260. The van der Waals surface area contributed by atoms with E-state index in [4.69, 9.17) is 28.4 Å². The molecule has 0 amide bonds. The number of benzene rings is 2. The van der Waals surface area contributed by atoms with Crippen LogP contribution >= 0.6 is 23.5 Å². The molecule has 4 saturated heterocycles. The molecule has 0 aromatic heterocycles. The van der Waals surface area contributed by atoms with Crippen LogP contribution in [-0.4, -0.2) is 82.9 Å². The molecular formula is C39H54O7S2. The van der Waals surface area contributed by atoms with E-state index in [0.717, 1.165) is 68.3 Å². The van der Waals surface area contributed by atoms with Crippen LogP contribution in [0.3, 0.4) is 0 Å². The molecule has 9 atom stereocenters. The fourth-order valence-electron chi connectivity index (χ4n) is 8.08. The molecule has 264 valence electrons. The first-order chi connectivity index (χ1) is 23.4. The van der Waals surface area contributed by atoms with Crippen LogP contribution in [0.2, 0.25) is 0 Å². The van der Waals surface area contributed by atoms with Crippen molar-refractivity contribution in [2.45, 2.75) is 144 Å². The minimum atomic E-state index is -0.619. The molecule has 0 radical (unpaired) electrons. The highest BCUT2D eigenvalue weighted by Crippen LogP contribution is 2.51. The Morgan fingerprint density at radius 2 is 1.58 bits per heavy atom. The second-order valence-electron chi connectivity index (χ2n) is 13.8. The minimum absolute atomic E-state index is 0.0692. The van der Waals surface area contributed by atoms with Gasteiger partial charge >= 0.3 is 0 Å². The molecule has 4 fully saturated rings. The Morgan fingerprint density at radius 3 is 2.27 bits per heavy atom. The van der Waals surface area contributed by atoms with E-state index in [0.29, 0.717) is 26.2 Å². The monoisotopic (exact) mass is 698 g/mol. The summed E-state index contributed by atoms with van der Waals surface area (Å²) in [5.74, 6) is 1.89. The van der Waals surface area contributed by atoms with Crippen LogP contribution in [0, 0.1) is 0 Å². The standard InChI is InChI=1S/C39H54O7S2/c1-4-47-39(48-5-2)20-12-19-35-38(3,46-36(39)25-40)24-34-31(44-35)23-33-37(45-34)32(42-27-29-16-10-7-11-17-29)22-30(43-33)18-13-21-41-26-28-14-8-6-9-15-28/h6-11,14-17,25,30-37H,4-5,12-13,18-24,26-27H2,1-3H3/t30-,31+,32+,33-,34-,35-,36-,37+,38+/m1/s1. The Morgan fingerprint density at radius 1 is 0.875 bits per heavy atom. The molecule has 0 N–H and O–H groups in total. The number of hydrogen-bond acceptors (Lipinski definition) is 9. The highest BCUT2D eigenvalue weighted by Gasteiger charge is 2.57. The molecule has 9 heteroatoms. The van der Waals surface area contributed by atoms with Gasteiger partial charge in [-0.3, -0.25) is 0 Å². The highest BCUT2D eigenvalue weighted by atomic mass is 32.2. The van der Waals surface area contributed by atoms with E-state index in [9.17, 15) is 4.79 Å². The lowest BCUT2D eigenvalue weighted by Gasteiger charge is -2.56. The Hall–Kier alpha value is -1.43. The lowest BCUT2D eigenvalue weighted by molar-refractivity contribution is -0.315. The zero-order chi connectivity index (χ0) is 33.4. The summed E-state index contributed by atoms with van der Waals surface area (Å²) < 4.78 is 39.9. The number of carbonyl (C=O) groups excluding carboxylic acids is 1. The van der Waals surface area contributed by atoms with Crippen molar-refractivity contribution in [2.24, 2.45) is 0 Å². The third kappa shape index (κ3) is 8.71. The van der Waals surface area contributed by atoms with Gasteiger partial charge in [0.2, 0.25) is 0 Å². The quantitative estimate of drug-likeness (QED) is 0.112. The fraction of sp³-hybridized carbons (Fsp3) is 0.667. The van der Waals surface area contributed by atoms with Crippen molar-refractivity contribution < 1.29 is 33.2 Å². The Labute approximate surface area is 295 Å². The Balaban J connectivity index is 1.13. The largest absolute Gasteiger partial charge is 0.377 e. The van der Waals surface area contributed by atoms with Gasteiger partial charge in [-0.25, -0.2) is 0 Å². The molecule has 0 unspecified atom stereocenters. The predicted molar refractivity (Wildman–Crippen MR) is 192 cm³/mol. The zero-order valence-corrected chi connectivity index (χ0v) is 30.5. The summed E-state index contributed by atoms with van der Waals surface area (Å²) in [4.78, 5) is 12.7. The molecule has 4 heterocycles. The molecular weight excluding hydrogens is 645 g/mol. The average Bonchev–Trinajstić information content (AvgIpc) is 3.09. The molecule has 4 aliphatic heterocycles. The number of hydrogen-bond donors (Lipinski definition) is 0. The van der Waals surface area contributed by atoms with E-state index >= 15 is 0 Å². The van der Waals surface area contributed by atoms with Crippen LogP contribution in [0.4, 0.5) is 0 Å². The van der Waals surface area contributed by atoms with E-state index in [1.165, 1.54) is 5.56 Å². The van der Waals surface area contributed by atoms with Crippen molar-refractivity contribution in [3.63, 3.8) is 0 Å². The first kappa shape index (κ1) is 36.4. The van der Waals surface area contributed by atoms with Gasteiger partial charge in [-0.1, -0.05) is 74.5 Å². The lowest BCUT2D eigenvalue weighted by atomic mass is 9.79. The summed E-state index contributed by atoms with van der Waals surface area (Å²) in [7, 11) is 0. The number of thioether (sulfide) groups is 2. The predicted octanol–water partition coefficient (Wildman–Crippen LogP) is 7.77. The smallest absolute Gasteiger partial charge is 0.151 e. The molecule has 0 saturated carbocycles. The van der Waals surface area contributed by atoms with Gasteiger partial charge < -0.3 is 33.2 Å². The summed E-state index contributed by atoms with van der Waals surface area (Å²) in [6.45, 7) is 8.33. The van der Waals surface area contributed by atoms with Crippen LogP contribution in [0.5, 0.6) is 0 Å². The lowest BCUT2D eigenvalue weighted by Crippen LogP contribution is -2.65. The van der Waals surface area contributed by atoms with Crippen LogP contribution in [0.15, 0.2) is 60.7 Å². The second-order valence-corrected chi connectivity index (χ2v) is 17.3. The maximum absolute atomic E-state index is 12.7. The van der Waals surface area contributed by atoms with Crippen molar-refractivity contribution in [1.82, 2.24) is 0 Å². The van der Waals surface area contributed by atoms with Gasteiger partial charge in [-0.05, 0) is 61.7 Å². The number of aldehydes is 1.